The van der Waals surface area contributed by atoms with Crippen molar-refractivity contribution in [3.63, 3.8) is 0 Å². The number of Topliss-reactive ketones (excluding diaryl/α,β-unsaturated/α-hetero) is 1. The quantitative estimate of drug-likeness (QED) is 0.196. The summed E-state index contributed by atoms with van der Waals surface area (Å²) in [5.41, 5.74) is 1.37. The molecule has 2 heterocycles. The molecule has 11 heteroatoms. The van der Waals surface area contributed by atoms with Crippen molar-refractivity contribution in [1.29, 1.82) is 0 Å². The number of likely N-dealkylation sites (tertiary alicyclic amines) is 1. The Morgan fingerprint density at radius 3 is 2.20 bits per heavy atom. The van der Waals surface area contributed by atoms with Gasteiger partial charge in [-0.1, -0.05) is 0 Å². The van der Waals surface area contributed by atoms with Crippen molar-refractivity contribution in [3.8, 4) is 17.2 Å². The van der Waals surface area contributed by atoms with Gasteiger partial charge in [-0.2, -0.15) is 11.3 Å². The first kappa shape index (κ1) is 33.6. The Labute approximate surface area is 269 Å². The van der Waals surface area contributed by atoms with E-state index in [1.54, 1.807) is 56.6 Å². The van der Waals surface area contributed by atoms with Crippen molar-refractivity contribution in [2.45, 2.75) is 51.8 Å². The van der Waals surface area contributed by atoms with Crippen LogP contribution in [0.25, 0.3) is 0 Å². The molecule has 0 aliphatic carbocycles. The summed E-state index contributed by atoms with van der Waals surface area (Å²) in [6, 6.07) is 13.0. The topological polar surface area (TPSA) is 107 Å². The highest BCUT2D eigenvalue weighted by Gasteiger charge is 2.36. The summed E-state index contributed by atoms with van der Waals surface area (Å²) >= 11 is 1.48. The highest BCUT2D eigenvalue weighted by Crippen LogP contribution is 2.31. The number of anilines is 1. The number of hydrogen-bond donors (Lipinski definition) is 1. The minimum Gasteiger partial charge on any atom is -0.497 e. The highest BCUT2D eigenvalue weighted by molar-refractivity contribution is 7.08. The van der Waals surface area contributed by atoms with Gasteiger partial charge in [0, 0.05) is 54.4 Å². The van der Waals surface area contributed by atoms with Gasteiger partial charge in [-0.3, -0.25) is 9.59 Å². The van der Waals surface area contributed by atoms with E-state index in [0.29, 0.717) is 55.3 Å². The zero-order valence-electron chi connectivity index (χ0n) is 26.8. The van der Waals surface area contributed by atoms with Crippen LogP contribution in [-0.4, -0.2) is 75.3 Å². The van der Waals surface area contributed by atoms with Gasteiger partial charge in [0.05, 0.1) is 21.3 Å². The molecule has 4 rings (SSSR count). The number of benzene rings is 2. The fraction of sp³-hybridized carbons (Fsp3) is 0.441. The first-order chi connectivity index (χ1) is 21.5. The number of ether oxygens (including phenoxy) is 4. The Kier molecular flexibility index (Phi) is 11.3. The van der Waals surface area contributed by atoms with Crippen molar-refractivity contribution in [2.75, 3.05) is 45.9 Å². The fourth-order valence-electron chi connectivity index (χ4n) is 5.22. The molecular weight excluding hydrogens is 594 g/mol. The Morgan fingerprint density at radius 1 is 0.956 bits per heavy atom. The Bertz CT molecular complexity index is 1430. The number of piperidine rings is 1. The van der Waals surface area contributed by atoms with E-state index in [-0.39, 0.29) is 24.3 Å². The van der Waals surface area contributed by atoms with Gasteiger partial charge in [0.25, 0.3) is 5.91 Å². The highest BCUT2D eigenvalue weighted by atomic mass is 32.1. The summed E-state index contributed by atoms with van der Waals surface area (Å²) in [5, 5.41) is 6.91. The van der Waals surface area contributed by atoms with Crippen LogP contribution in [0.2, 0.25) is 0 Å². The second-order valence-corrected chi connectivity index (χ2v) is 12.7. The Hall–Kier alpha value is -4.25. The molecule has 1 aliphatic heterocycles. The van der Waals surface area contributed by atoms with Crippen molar-refractivity contribution in [1.82, 2.24) is 10.2 Å². The molecule has 0 saturated carbocycles. The van der Waals surface area contributed by atoms with Crippen LogP contribution >= 0.6 is 11.3 Å². The first-order valence-corrected chi connectivity index (χ1v) is 15.9. The molecule has 1 N–H and O–H groups in total. The minimum atomic E-state index is -1.17. The number of amides is 2. The number of methoxy groups -OCH3 is 3. The maximum atomic E-state index is 14.2. The molecule has 0 spiro atoms. The van der Waals surface area contributed by atoms with E-state index < -0.39 is 17.6 Å². The van der Waals surface area contributed by atoms with Gasteiger partial charge in [-0.25, -0.2) is 4.79 Å². The normalized spacial score (nSPS) is 14.3. The van der Waals surface area contributed by atoms with E-state index in [9.17, 15) is 14.4 Å². The van der Waals surface area contributed by atoms with Crippen LogP contribution in [-0.2, 0) is 16.1 Å². The summed E-state index contributed by atoms with van der Waals surface area (Å²) < 4.78 is 21.8. The van der Waals surface area contributed by atoms with Crippen molar-refractivity contribution < 1.29 is 33.3 Å². The molecule has 1 saturated heterocycles. The number of nitrogens with zero attached hydrogens (tertiary/aromatic N) is 2. The lowest BCUT2D eigenvalue weighted by Crippen LogP contribution is -2.53. The number of thiophene rings is 1. The number of nitrogens with one attached hydrogen (secondary N) is 1. The van der Waals surface area contributed by atoms with Crippen LogP contribution in [0.5, 0.6) is 17.2 Å². The number of hydrogen-bond acceptors (Lipinski definition) is 9. The van der Waals surface area contributed by atoms with E-state index in [0.717, 1.165) is 11.3 Å². The van der Waals surface area contributed by atoms with Gasteiger partial charge in [0.1, 0.15) is 22.8 Å². The smallest absolute Gasteiger partial charge is 0.410 e. The molecule has 242 valence electrons. The van der Waals surface area contributed by atoms with Crippen molar-refractivity contribution >= 4 is 34.8 Å². The summed E-state index contributed by atoms with van der Waals surface area (Å²) in [6.45, 7) is 7.25. The third kappa shape index (κ3) is 8.91. The molecule has 2 amide bonds. The van der Waals surface area contributed by atoms with Crippen LogP contribution in [0.1, 0.15) is 49.5 Å². The summed E-state index contributed by atoms with van der Waals surface area (Å²) in [7, 11) is 4.72. The molecule has 45 heavy (non-hydrogen) atoms. The molecule has 1 unspecified atom stereocenters. The molecule has 1 aliphatic rings. The first-order valence-electron chi connectivity index (χ1n) is 15.0. The molecule has 10 nitrogen and oxygen atoms in total. The lowest BCUT2D eigenvalue weighted by atomic mass is 9.96. The number of ketones is 1. The standard InChI is InChI=1S/C34H43N3O7S/c1-34(2,3)44-33(40)36-16-13-23(14-17-36)20-35-32(39)30(31(38)24-7-10-27(41-4)11-8-24)37(26-15-18-45-22-26)21-25-9-12-28(42-5)19-29(25)43-6/h7-12,15,18-19,22-23,30H,13-14,16-17,20-21H2,1-6H3,(H,35,39). The van der Waals surface area contributed by atoms with Crippen molar-refractivity contribution in [3.05, 3.63) is 70.4 Å². The summed E-state index contributed by atoms with van der Waals surface area (Å²) in [5.74, 6) is 1.25. The molecule has 3 aromatic rings. The van der Waals surface area contributed by atoms with Gasteiger partial charge in [-0.05, 0) is 87.4 Å². The van der Waals surface area contributed by atoms with Crippen LogP contribution < -0.4 is 24.4 Å². The van der Waals surface area contributed by atoms with Gasteiger partial charge in [-0.15, -0.1) is 0 Å². The van der Waals surface area contributed by atoms with E-state index >= 15 is 0 Å². The molecular formula is C34H43N3O7S. The van der Waals surface area contributed by atoms with Gasteiger partial charge >= 0.3 is 6.09 Å². The average Bonchev–Trinajstić information content (AvgIpc) is 3.58. The van der Waals surface area contributed by atoms with E-state index in [1.165, 1.54) is 11.3 Å². The minimum absolute atomic E-state index is 0.153. The Morgan fingerprint density at radius 2 is 1.62 bits per heavy atom. The zero-order valence-corrected chi connectivity index (χ0v) is 27.6. The van der Waals surface area contributed by atoms with Gasteiger partial charge < -0.3 is 34.1 Å². The summed E-state index contributed by atoms with van der Waals surface area (Å²) in [6.07, 6.45) is 1.11. The third-order valence-corrected chi connectivity index (χ3v) is 8.36. The predicted molar refractivity (Wildman–Crippen MR) is 175 cm³/mol. The van der Waals surface area contributed by atoms with Crippen LogP contribution in [0.3, 0.4) is 0 Å². The SMILES string of the molecule is COc1ccc(C(=O)C(C(=O)NCC2CCN(C(=O)OC(C)(C)C)CC2)N(Cc2ccc(OC)cc2OC)c2ccsc2)cc1. The van der Waals surface area contributed by atoms with Crippen LogP contribution in [0, 0.1) is 5.92 Å². The number of carbonyl (C=O) groups excluding carboxylic acids is 3. The largest absolute Gasteiger partial charge is 0.497 e. The second-order valence-electron chi connectivity index (χ2n) is 11.9. The zero-order chi connectivity index (χ0) is 32.6. The van der Waals surface area contributed by atoms with Crippen LogP contribution in [0.15, 0.2) is 59.3 Å². The maximum absolute atomic E-state index is 14.2. The molecule has 0 bridgehead atoms. The maximum Gasteiger partial charge on any atom is 0.410 e. The van der Waals surface area contributed by atoms with Gasteiger partial charge in [0.2, 0.25) is 0 Å². The van der Waals surface area contributed by atoms with Gasteiger partial charge in [0.15, 0.2) is 11.8 Å². The van der Waals surface area contributed by atoms with E-state index in [1.807, 2.05) is 54.6 Å². The predicted octanol–water partition coefficient (Wildman–Crippen LogP) is 5.80. The molecule has 1 aromatic heterocycles. The Balaban J connectivity index is 1.58. The molecule has 2 aromatic carbocycles. The molecule has 0 radical (unpaired) electrons. The molecule has 1 fully saturated rings. The number of carbonyl (C=O) groups is 3. The lowest BCUT2D eigenvalue weighted by molar-refractivity contribution is -0.121. The van der Waals surface area contributed by atoms with E-state index in [2.05, 4.69) is 5.32 Å². The second kappa shape index (κ2) is 15.2. The van der Waals surface area contributed by atoms with Crippen LogP contribution in [0.4, 0.5) is 10.5 Å². The molecule has 1 atom stereocenters. The fourth-order valence-corrected chi connectivity index (χ4v) is 5.87. The summed E-state index contributed by atoms with van der Waals surface area (Å²) in [4.78, 5) is 44.3. The third-order valence-electron chi connectivity index (χ3n) is 7.69. The van der Waals surface area contributed by atoms with E-state index in [4.69, 9.17) is 18.9 Å². The van der Waals surface area contributed by atoms with Crippen molar-refractivity contribution in [2.24, 2.45) is 5.92 Å². The lowest BCUT2D eigenvalue weighted by Gasteiger charge is -2.34. The average molecular weight is 638 g/mol. The monoisotopic (exact) mass is 637 g/mol. The number of rotatable bonds is 12.